The van der Waals surface area contributed by atoms with Gasteiger partial charge in [0.1, 0.15) is 5.82 Å². The normalized spacial score (nSPS) is 14.3. The Balaban J connectivity index is 1.98. The molecule has 4 nitrogen and oxygen atoms in total. The van der Waals surface area contributed by atoms with Crippen LogP contribution in [-0.4, -0.2) is 17.6 Å². The van der Waals surface area contributed by atoms with Gasteiger partial charge in [-0.25, -0.2) is 14.2 Å². The number of carbonyl (C=O) groups excluding carboxylic acids is 1. The van der Waals surface area contributed by atoms with Gasteiger partial charge < -0.3 is 9.15 Å². The first-order valence-electron chi connectivity index (χ1n) is 6.63. The topological polar surface area (TPSA) is 52.3 Å². The van der Waals surface area contributed by atoms with Gasteiger partial charge in [0.2, 0.25) is 11.7 Å². The minimum absolute atomic E-state index is 0.175. The van der Waals surface area contributed by atoms with Gasteiger partial charge in [-0.15, -0.1) is 0 Å². The fourth-order valence-electron chi connectivity index (χ4n) is 2.02. The molecule has 1 aromatic heterocycles. The number of benzene rings is 1. The van der Waals surface area contributed by atoms with Crippen molar-refractivity contribution in [2.45, 2.75) is 25.7 Å². The van der Waals surface area contributed by atoms with Crippen LogP contribution in [0, 0.1) is 5.82 Å². The van der Waals surface area contributed by atoms with Crippen LogP contribution in [0.2, 0.25) is 0 Å². The van der Waals surface area contributed by atoms with Crippen LogP contribution in [0.3, 0.4) is 0 Å². The third-order valence-corrected chi connectivity index (χ3v) is 3.17. The third-order valence-electron chi connectivity index (χ3n) is 3.17. The molecular formula is C15H14FNO3. The molecule has 20 heavy (non-hydrogen) atoms. The lowest BCUT2D eigenvalue weighted by Gasteiger charge is -1.99. The smallest absolute Gasteiger partial charge is 0.376 e. The first-order valence-corrected chi connectivity index (χ1v) is 6.63. The van der Waals surface area contributed by atoms with Crippen molar-refractivity contribution in [3.63, 3.8) is 0 Å². The largest absolute Gasteiger partial charge is 0.460 e. The second kappa shape index (κ2) is 5.07. The Hall–Kier alpha value is -2.17. The molecule has 0 aliphatic heterocycles. The minimum Gasteiger partial charge on any atom is -0.460 e. The van der Waals surface area contributed by atoms with Crippen molar-refractivity contribution in [1.82, 2.24) is 4.98 Å². The summed E-state index contributed by atoms with van der Waals surface area (Å²) < 4.78 is 23.5. The first-order chi connectivity index (χ1) is 9.69. The summed E-state index contributed by atoms with van der Waals surface area (Å²) in [6, 6.07) is 5.82. The number of aromatic nitrogens is 1. The van der Waals surface area contributed by atoms with Gasteiger partial charge in [-0.3, -0.25) is 0 Å². The van der Waals surface area contributed by atoms with Crippen molar-refractivity contribution in [3.8, 4) is 11.5 Å². The van der Waals surface area contributed by atoms with Gasteiger partial charge in [-0.05, 0) is 44.0 Å². The quantitative estimate of drug-likeness (QED) is 0.801. The number of halogens is 1. The lowest BCUT2D eigenvalue weighted by Crippen LogP contribution is -2.05. The van der Waals surface area contributed by atoms with E-state index in [1.165, 1.54) is 12.1 Å². The van der Waals surface area contributed by atoms with E-state index >= 15 is 0 Å². The number of esters is 1. The van der Waals surface area contributed by atoms with E-state index in [1.807, 2.05) is 0 Å². The molecule has 0 amide bonds. The molecule has 0 spiro atoms. The van der Waals surface area contributed by atoms with E-state index in [4.69, 9.17) is 9.15 Å². The Morgan fingerprint density at radius 2 is 2.10 bits per heavy atom. The summed E-state index contributed by atoms with van der Waals surface area (Å²) in [6.07, 6.45) is 2.00. The number of hydrogen-bond donors (Lipinski definition) is 0. The molecule has 1 heterocycles. The van der Waals surface area contributed by atoms with Crippen molar-refractivity contribution in [1.29, 1.82) is 0 Å². The molecule has 1 aliphatic rings. The highest BCUT2D eigenvalue weighted by Crippen LogP contribution is 2.42. The highest BCUT2D eigenvalue weighted by molar-refractivity contribution is 5.88. The van der Waals surface area contributed by atoms with Crippen LogP contribution in [0.1, 0.15) is 41.9 Å². The van der Waals surface area contributed by atoms with Crippen molar-refractivity contribution in [3.05, 3.63) is 41.5 Å². The van der Waals surface area contributed by atoms with Crippen LogP contribution in [0.5, 0.6) is 0 Å². The highest BCUT2D eigenvalue weighted by Gasteiger charge is 2.34. The fourth-order valence-corrected chi connectivity index (χ4v) is 2.02. The maximum absolute atomic E-state index is 12.9. The lowest BCUT2D eigenvalue weighted by molar-refractivity contribution is 0.0489. The zero-order valence-electron chi connectivity index (χ0n) is 11.1. The summed E-state index contributed by atoms with van der Waals surface area (Å²) in [7, 11) is 0. The van der Waals surface area contributed by atoms with Crippen LogP contribution < -0.4 is 0 Å². The molecule has 5 heteroatoms. The lowest BCUT2D eigenvalue weighted by atomic mass is 10.2. The second-order valence-corrected chi connectivity index (χ2v) is 4.74. The van der Waals surface area contributed by atoms with E-state index in [1.54, 1.807) is 19.1 Å². The van der Waals surface area contributed by atoms with Crippen LogP contribution in [0.15, 0.2) is 28.7 Å². The maximum atomic E-state index is 12.9. The van der Waals surface area contributed by atoms with Crippen molar-refractivity contribution in [2.75, 3.05) is 6.61 Å². The number of carbonyl (C=O) groups is 1. The zero-order valence-corrected chi connectivity index (χ0v) is 11.1. The summed E-state index contributed by atoms with van der Waals surface area (Å²) in [5.74, 6) is -0.0421. The van der Waals surface area contributed by atoms with Crippen LogP contribution in [0.25, 0.3) is 11.5 Å². The van der Waals surface area contributed by atoms with E-state index in [9.17, 15) is 9.18 Å². The molecule has 0 bridgehead atoms. The Bertz CT molecular complexity index is 629. The summed E-state index contributed by atoms with van der Waals surface area (Å²) in [6.45, 7) is 2.03. The third kappa shape index (κ3) is 2.43. The van der Waals surface area contributed by atoms with Gasteiger partial charge in [0.05, 0.1) is 12.3 Å². The van der Waals surface area contributed by atoms with E-state index < -0.39 is 5.97 Å². The predicted molar refractivity (Wildman–Crippen MR) is 69.8 cm³/mol. The van der Waals surface area contributed by atoms with Crippen LogP contribution >= 0.6 is 0 Å². The number of nitrogens with zero attached hydrogens (tertiary/aromatic N) is 1. The Morgan fingerprint density at radius 3 is 2.70 bits per heavy atom. The molecule has 2 aromatic rings. The standard InChI is InChI=1S/C15H14FNO3/c1-2-19-15(18)13-12(9-3-4-9)17-14(20-13)10-5-7-11(16)8-6-10/h5-9H,2-4H2,1H3. The van der Waals surface area contributed by atoms with Crippen molar-refractivity contribution >= 4 is 5.97 Å². The van der Waals surface area contributed by atoms with E-state index in [0.717, 1.165) is 12.8 Å². The van der Waals surface area contributed by atoms with Crippen LogP contribution in [0.4, 0.5) is 4.39 Å². The molecule has 0 atom stereocenters. The molecule has 1 fully saturated rings. The molecule has 1 saturated carbocycles. The Kier molecular flexibility index (Phi) is 3.26. The molecule has 0 N–H and O–H groups in total. The zero-order chi connectivity index (χ0) is 14.1. The highest BCUT2D eigenvalue weighted by atomic mass is 19.1. The SMILES string of the molecule is CCOC(=O)c1oc(-c2ccc(F)cc2)nc1C1CC1. The van der Waals surface area contributed by atoms with E-state index in [2.05, 4.69) is 4.98 Å². The van der Waals surface area contributed by atoms with E-state index in [0.29, 0.717) is 17.1 Å². The number of ether oxygens (including phenoxy) is 1. The minimum atomic E-state index is -0.490. The number of hydrogen-bond acceptors (Lipinski definition) is 4. The van der Waals surface area contributed by atoms with Crippen LogP contribution in [-0.2, 0) is 4.74 Å². The maximum Gasteiger partial charge on any atom is 0.376 e. The number of rotatable bonds is 4. The number of oxazole rings is 1. The predicted octanol–water partition coefficient (Wildman–Crippen LogP) is 3.53. The summed E-state index contributed by atoms with van der Waals surface area (Å²) in [4.78, 5) is 16.3. The monoisotopic (exact) mass is 275 g/mol. The average Bonchev–Trinajstić information content (AvgIpc) is 3.19. The molecule has 1 aromatic carbocycles. The molecule has 3 rings (SSSR count). The second-order valence-electron chi connectivity index (χ2n) is 4.74. The van der Waals surface area contributed by atoms with Crippen molar-refractivity contribution in [2.24, 2.45) is 0 Å². The molecule has 104 valence electrons. The Labute approximate surface area is 115 Å². The summed E-state index contributed by atoms with van der Waals surface area (Å²) >= 11 is 0. The molecular weight excluding hydrogens is 261 g/mol. The molecule has 0 saturated heterocycles. The average molecular weight is 275 g/mol. The first kappa shape index (κ1) is 12.8. The molecule has 0 radical (unpaired) electrons. The van der Waals surface area contributed by atoms with Gasteiger partial charge in [0, 0.05) is 11.5 Å². The van der Waals surface area contributed by atoms with Gasteiger partial charge in [-0.1, -0.05) is 0 Å². The van der Waals surface area contributed by atoms with Gasteiger partial charge in [0.15, 0.2) is 0 Å². The van der Waals surface area contributed by atoms with Gasteiger partial charge in [-0.2, -0.15) is 0 Å². The molecule has 1 aliphatic carbocycles. The summed E-state index contributed by atoms with van der Waals surface area (Å²) in [5.41, 5.74) is 1.30. The van der Waals surface area contributed by atoms with Gasteiger partial charge in [0.25, 0.3) is 0 Å². The fraction of sp³-hybridized carbons (Fsp3) is 0.333. The van der Waals surface area contributed by atoms with E-state index in [-0.39, 0.29) is 24.1 Å². The summed E-state index contributed by atoms with van der Waals surface area (Å²) in [5, 5.41) is 0. The van der Waals surface area contributed by atoms with Crippen molar-refractivity contribution < 1.29 is 18.3 Å². The molecule has 0 unspecified atom stereocenters. The van der Waals surface area contributed by atoms with Gasteiger partial charge >= 0.3 is 5.97 Å². The Morgan fingerprint density at radius 1 is 1.40 bits per heavy atom.